The van der Waals surface area contributed by atoms with Gasteiger partial charge in [-0.3, -0.25) is 0 Å². The highest BCUT2D eigenvalue weighted by Gasteiger charge is 2.30. The summed E-state index contributed by atoms with van der Waals surface area (Å²) in [6.45, 7) is 6.53. The summed E-state index contributed by atoms with van der Waals surface area (Å²) in [6, 6.07) is 20.2. The second-order valence-electron chi connectivity index (χ2n) is 10.5. The molecule has 0 amide bonds. The van der Waals surface area contributed by atoms with Crippen LogP contribution in [-0.2, 0) is 12.8 Å². The lowest BCUT2D eigenvalue weighted by atomic mass is 9.79. The van der Waals surface area contributed by atoms with Crippen molar-refractivity contribution >= 4 is 11.9 Å². The molecule has 37 heavy (non-hydrogen) atoms. The molecule has 0 aromatic heterocycles. The van der Waals surface area contributed by atoms with Crippen LogP contribution in [0.15, 0.2) is 66.7 Å². The van der Waals surface area contributed by atoms with Crippen molar-refractivity contribution in [2.24, 2.45) is 5.92 Å². The van der Waals surface area contributed by atoms with Gasteiger partial charge in [0.2, 0.25) is 0 Å². The van der Waals surface area contributed by atoms with E-state index in [1.54, 1.807) is 24.3 Å². The van der Waals surface area contributed by atoms with Gasteiger partial charge in [-0.15, -0.1) is 0 Å². The zero-order valence-electron chi connectivity index (χ0n) is 22.3. The molecule has 0 heterocycles. The molecule has 1 aliphatic rings. The highest BCUT2D eigenvalue weighted by Crippen LogP contribution is 2.47. The fourth-order valence-corrected chi connectivity index (χ4v) is 5.34. The van der Waals surface area contributed by atoms with E-state index in [2.05, 4.69) is 26.8 Å². The molecule has 4 nitrogen and oxygen atoms in total. The van der Waals surface area contributed by atoms with Gasteiger partial charge < -0.3 is 9.47 Å². The van der Waals surface area contributed by atoms with Gasteiger partial charge in [0.25, 0.3) is 0 Å². The predicted molar refractivity (Wildman–Crippen MR) is 148 cm³/mol. The first-order valence-electron chi connectivity index (χ1n) is 13.7. The summed E-state index contributed by atoms with van der Waals surface area (Å²) in [5.74, 6) is 0.665. The SMILES string of the molecule is CCCc1cc(CC(C)C)c(C2CCCCC2)c(OC(=O)c2ccccc2)c1OC(=O)c1ccccc1. The van der Waals surface area contributed by atoms with Gasteiger partial charge in [-0.05, 0) is 72.9 Å². The van der Waals surface area contributed by atoms with Crippen LogP contribution >= 0.6 is 0 Å². The quantitative estimate of drug-likeness (QED) is 0.220. The van der Waals surface area contributed by atoms with Crippen molar-refractivity contribution in [1.29, 1.82) is 0 Å². The smallest absolute Gasteiger partial charge is 0.343 e. The fraction of sp³-hybridized carbons (Fsp3) is 0.394. The number of hydrogen-bond donors (Lipinski definition) is 0. The average Bonchev–Trinajstić information content (AvgIpc) is 2.92. The molecule has 3 aromatic rings. The maximum absolute atomic E-state index is 13.4. The minimum atomic E-state index is -0.443. The Balaban J connectivity index is 1.89. The molecule has 0 spiro atoms. The predicted octanol–water partition coefficient (Wildman–Crippen LogP) is 8.32. The fourth-order valence-electron chi connectivity index (χ4n) is 5.34. The molecular weight excluding hydrogens is 460 g/mol. The minimum absolute atomic E-state index is 0.269. The summed E-state index contributed by atoms with van der Waals surface area (Å²) in [4.78, 5) is 26.7. The molecule has 194 valence electrons. The number of rotatable bonds is 9. The van der Waals surface area contributed by atoms with E-state index >= 15 is 0 Å². The monoisotopic (exact) mass is 498 g/mol. The number of benzene rings is 3. The standard InChI is InChI=1S/C33H38O4/c1-4-14-27-22-28(21-23(2)3)29(24-15-8-5-9-16-24)31(37-33(35)26-19-12-7-13-20-26)30(27)36-32(34)25-17-10-6-11-18-25/h6-7,10-13,17-20,22-24H,4-5,8-9,14-16,21H2,1-3H3. The Bertz CT molecular complexity index is 1190. The van der Waals surface area contributed by atoms with Gasteiger partial charge in [-0.1, -0.05) is 88.9 Å². The van der Waals surface area contributed by atoms with E-state index in [9.17, 15) is 9.59 Å². The minimum Gasteiger partial charge on any atom is -0.419 e. The van der Waals surface area contributed by atoms with E-state index in [1.807, 2.05) is 36.4 Å². The van der Waals surface area contributed by atoms with Gasteiger partial charge in [0.05, 0.1) is 11.1 Å². The third kappa shape index (κ3) is 6.68. The molecule has 4 heteroatoms. The van der Waals surface area contributed by atoms with E-state index < -0.39 is 11.9 Å². The van der Waals surface area contributed by atoms with Crippen molar-refractivity contribution in [3.05, 3.63) is 94.5 Å². The molecule has 1 saturated carbocycles. The van der Waals surface area contributed by atoms with Crippen LogP contribution < -0.4 is 9.47 Å². The third-order valence-electron chi connectivity index (χ3n) is 7.01. The van der Waals surface area contributed by atoms with E-state index in [0.717, 1.165) is 56.1 Å². The lowest BCUT2D eigenvalue weighted by molar-refractivity contribution is 0.0678. The van der Waals surface area contributed by atoms with Crippen LogP contribution in [0.1, 0.15) is 103 Å². The maximum atomic E-state index is 13.4. The van der Waals surface area contributed by atoms with Crippen LogP contribution in [0, 0.1) is 5.92 Å². The molecule has 3 aromatic carbocycles. The summed E-state index contributed by atoms with van der Waals surface area (Å²) < 4.78 is 12.4. The molecule has 4 rings (SSSR count). The Morgan fingerprint density at radius 1 is 0.784 bits per heavy atom. The number of aryl methyl sites for hydroxylation is 1. The summed E-state index contributed by atoms with van der Waals surface area (Å²) in [5.41, 5.74) is 4.12. The van der Waals surface area contributed by atoms with Gasteiger partial charge >= 0.3 is 11.9 Å². The van der Waals surface area contributed by atoms with Crippen molar-refractivity contribution in [2.45, 2.75) is 78.1 Å². The van der Waals surface area contributed by atoms with Gasteiger partial charge in [0.1, 0.15) is 0 Å². The number of ether oxygens (including phenoxy) is 2. The number of esters is 2. The Kier molecular flexibility index (Phi) is 9.16. The van der Waals surface area contributed by atoms with Crippen molar-refractivity contribution in [2.75, 3.05) is 0 Å². The highest BCUT2D eigenvalue weighted by atomic mass is 16.6. The normalized spacial score (nSPS) is 13.9. The Morgan fingerprint density at radius 3 is 1.84 bits per heavy atom. The summed E-state index contributed by atoms with van der Waals surface area (Å²) in [5, 5.41) is 0. The average molecular weight is 499 g/mol. The first kappa shape index (κ1) is 26.7. The lowest BCUT2D eigenvalue weighted by Gasteiger charge is -2.29. The lowest BCUT2D eigenvalue weighted by Crippen LogP contribution is -2.19. The molecule has 0 N–H and O–H groups in total. The largest absolute Gasteiger partial charge is 0.419 e. The van der Waals surface area contributed by atoms with E-state index in [-0.39, 0.29) is 5.92 Å². The molecule has 0 saturated heterocycles. The molecule has 0 aliphatic heterocycles. The van der Waals surface area contributed by atoms with E-state index in [1.165, 1.54) is 12.0 Å². The molecule has 0 radical (unpaired) electrons. The summed E-state index contributed by atoms with van der Waals surface area (Å²) in [7, 11) is 0. The highest BCUT2D eigenvalue weighted by molar-refractivity contribution is 5.93. The zero-order valence-corrected chi connectivity index (χ0v) is 22.3. The van der Waals surface area contributed by atoms with Crippen LogP contribution in [0.25, 0.3) is 0 Å². The Labute approximate surface area is 221 Å². The maximum Gasteiger partial charge on any atom is 0.343 e. The topological polar surface area (TPSA) is 52.6 Å². The number of carbonyl (C=O) groups excluding carboxylic acids is 2. The third-order valence-corrected chi connectivity index (χ3v) is 7.01. The van der Waals surface area contributed by atoms with Gasteiger partial charge in [0.15, 0.2) is 11.5 Å². The number of carbonyl (C=O) groups is 2. The second kappa shape index (κ2) is 12.7. The van der Waals surface area contributed by atoms with Crippen LogP contribution in [0.2, 0.25) is 0 Å². The molecule has 0 unspecified atom stereocenters. The second-order valence-corrected chi connectivity index (χ2v) is 10.5. The molecule has 1 aliphatic carbocycles. The Hall–Kier alpha value is -3.40. The summed E-state index contributed by atoms with van der Waals surface area (Å²) in [6.07, 6.45) is 8.08. The molecule has 1 fully saturated rings. The van der Waals surface area contributed by atoms with Gasteiger partial charge in [-0.2, -0.15) is 0 Å². The van der Waals surface area contributed by atoms with Gasteiger partial charge in [-0.25, -0.2) is 9.59 Å². The summed E-state index contributed by atoms with van der Waals surface area (Å²) >= 11 is 0. The number of hydrogen-bond acceptors (Lipinski definition) is 4. The first-order chi connectivity index (χ1) is 18.0. The van der Waals surface area contributed by atoms with Crippen LogP contribution in [0.3, 0.4) is 0 Å². The van der Waals surface area contributed by atoms with Crippen molar-refractivity contribution < 1.29 is 19.1 Å². The molecular formula is C33H38O4. The van der Waals surface area contributed by atoms with Gasteiger partial charge in [0, 0.05) is 5.56 Å². The van der Waals surface area contributed by atoms with Crippen molar-refractivity contribution in [3.63, 3.8) is 0 Å². The van der Waals surface area contributed by atoms with Crippen LogP contribution in [0.5, 0.6) is 11.5 Å². The van der Waals surface area contributed by atoms with E-state index in [4.69, 9.17) is 9.47 Å². The Morgan fingerprint density at radius 2 is 1.32 bits per heavy atom. The first-order valence-corrected chi connectivity index (χ1v) is 13.7. The van der Waals surface area contributed by atoms with Crippen LogP contribution in [0.4, 0.5) is 0 Å². The van der Waals surface area contributed by atoms with E-state index in [0.29, 0.717) is 28.5 Å². The molecule has 0 atom stereocenters. The zero-order chi connectivity index (χ0) is 26.2. The van der Waals surface area contributed by atoms with Crippen LogP contribution in [-0.4, -0.2) is 11.9 Å². The van der Waals surface area contributed by atoms with Crippen molar-refractivity contribution in [3.8, 4) is 11.5 Å². The van der Waals surface area contributed by atoms with Crippen molar-refractivity contribution in [1.82, 2.24) is 0 Å². The molecule has 0 bridgehead atoms.